The molecule has 0 unspecified atom stereocenters. The number of carboxylic acids is 1. The summed E-state index contributed by atoms with van der Waals surface area (Å²) in [7, 11) is 0. The largest absolute Gasteiger partial charge is 1.00 e. The topological polar surface area (TPSA) is 37.3 Å². The first-order chi connectivity index (χ1) is 5.18. The van der Waals surface area contributed by atoms with Crippen LogP contribution in [0, 0.1) is 14.4 Å². The molecular formula is C10H13LiO2. The molecule has 0 heterocycles. The van der Waals surface area contributed by atoms with Gasteiger partial charge in [-0.1, -0.05) is 29.8 Å². The third kappa shape index (κ3) is 5.51. The second-order valence-corrected chi connectivity index (χ2v) is 2.56. The van der Waals surface area contributed by atoms with Crippen LogP contribution in [0.3, 0.4) is 0 Å². The van der Waals surface area contributed by atoms with Crippen molar-refractivity contribution in [1.29, 1.82) is 0 Å². The fourth-order valence-corrected chi connectivity index (χ4v) is 0.881. The van der Waals surface area contributed by atoms with E-state index in [0.29, 0.717) is 0 Å². The van der Waals surface area contributed by atoms with Gasteiger partial charge in [0.05, 0.1) is 6.42 Å². The van der Waals surface area contributed by atoms with Crippen LogP contribution >= 0.6 is 0 Å². The molecule has 2 nitrogen and oxygen atoms in total. The predicted molar refractivity (Wildman–Crippen MR) is 48.9 cm³/mol. The summed E-state index contributed by atoms with van der Waals surface area (Å²) in [5.41, 5.74) is 2.00. The Hall–Kier alpha value is -0.713. The van der Waals surface area contributed by atoms with Crippen LogP contribution in [0.25, 0.3) is 0 Å². The van der Waals surface area contributed by atoms with Gasteiger partial charge in [0.15, 0.2) is 0 Å². The van der Waals surface area contributed by atoms with Crippen LogP contribution in [0.2, 0.25) is 0 Å². The van der Waals surface area contributed by atoms with Gasteiger partial charge in [0.2, 0.25) is 0 Å². The number of benzene rings is 1. The van der Waals surface area contributed by atoms with Crippen molar-refractivity contribution in [1.82, 2.24) is 0 Å². The van der Waals surface area contributed by atoms with E-state index in [4.69, 9.17) is 5.11 Å². The molecule has 0 aliphatic carbocycles. The van der Waals surface area contributed by atoms with Gasteiger partial charge < -0.3 is 12.5 Å². The van der Waals surface area contributed by atoms with E-state index in [1.165, 1.54) is 0 Å². The van der Waals surface area contributed by atoms with Crippen LogP contribution in [-0.2, 0) is 11.2 Å². The van der Waals surface area contributed by atoms with Gasteiger partial charge in [0.1, 0.15) is 0 Å². The number of carbonyl (C=O) groups is 1. The summed E-state index contributed by atoms with van der Waals surface area (Å²) >= 11 is 0. The molecule has 1 rings (SSSR count). The van der Waals surface area contributed by atoms with E-state index < -0.39 is 5.97 Å². The Balaban J connectivity index is 0. The summed E-state index contributed by atoms with van der Waals surface area (Å²) in [5.74, 6) is -0.783. The van der Waals surface area contributed by atoms with Crippen molar-refractivity contribution in [2.45, 2.75) is 13.3 Å². The van der Waals surface area contributed by atoms with Crippen molar-refractivity contribution in [3.63, 3.8) is 0 Å². The zero-order valence-electron chi connectivity index (χ0n) is 8.37. The summed E-state index contributed by atoms with van der Waals surface area (Å²) in [6.45, 7) is 1.98. The Morgan fingerprint density at radius 2 is 1.77 bits per heavy atom. The monoisotopic (exact) mass is 172 g/mol. The van der Waals surface area contributed by atoms with Crippen molar-refractivity contribution < 1.29 is 28.8 Å². The Morgan fingerprint density at radius 1 is 1.31 bits per heavy atom. The fourth-order valence-electron chi connectivity index (χ4n) is 0.881. The SMILES string of the molecule is Cc1ccc(CC(=O)O)cc1.[CH3-].[Li+]. The summed E-state index contributed by atoms with van der Waals surface area (Å²) in [6.07, 6.45) is 0.111. The molecule has 0 fully saturated rings. The molecule has 3 heteroatoms. The number of aryl methyl sites for hydroxylation is 1. The van der Waals surface area contributed by atoms with E-state index in [9.17, 15) is 4.79 Å². The number of hydrogen-bond donors (Lipinski definition) is 1. The van der Waals surface area contributed by atoms with E-state index in [0.717, 1.165) is 11.1 Å². The van der Waals surface area contributed by atoms with Crippen LogP contribution in [0.1, 0.15) is 11.1 Å². The van der Waals surface area contributed by atoms with Crippen molar-refractivity contribution in [2.75, 3.05) is 0 Å². The molecule has 0 saturated heterocycles. The van der Waals surface area contributed by atoms with E-state index in [1.54, 1.807) is 0 Å². The molecule has 0 aliphatic rings. The molecule has 0 spiro atoms. The molecule has 1 aromatic carbocycles. The number of carboxylic acid groups (broad SMARTS) is 1. The fraction of sp³-hybridized carbons (Fsp3) is 0.200. The maximum Gasteiger partial charge on any atom is 1.00 e. The van der Waals surface area contributed by atoms with Gasteiger partial charge in [0, 0.05) is 0 Å². The van der Waals surface area contributed by atoms with Crippen LogP contribution in [0.4, 0.5) is 0 Å². The number of hydrogen-bond acceptors (Lipinski definition) is 1. The number of aliphatic carboxylic acids is 1. The van der Waals surface area contributed by atoms with Gasteiger partial charge in [-0.05, 0) is 12.5 Å². The average molecular weight is 172 g/mol. The zero-order valence-corrected chi connectivity index (χ0v) is 8.37. The molecule has 0 aliphatic heterocycles. The molecule has 66 valence electrons. The minimum Gasteiger partial charge on any atom is -0.481 e. The van der Waals surface area contributed by atoms with Crippen LogP contribution in [-0.4, -0.2) is 11.1 Å². The first-order valence-corrected chi connectivity index (χ1v) is 3.46. The van der Waals surface area contributed by atoms with E-state index in [-0.39, 0.29) is 32.7 Å². The van der Waals surface area contributed by atoms with Gasteiger partial charge in [-0.15, -0.1) is 0 Å². The summed E-state index contributed by atoms with van der Waals surface area (Å²) in [6, 6.07) is 7.50. The second-order valence-electron chi connectivity index (χ2n) is 2.56. The van der Waals surface area contributed by atoms with Crippen molar-refractivity contribution in [3.05, 3.63) is 42.8 Å². The Kier molecular flexibility index (Phi) is 7.70. The molecule has 0 bridgehead atoms. The van der Waals surface area contributed by atoms with Crippen LogP contribution in [0.5, 0.6) is 0 Å². The van der Waals surface area contributed by atoms with Crippen molar-refractivity contribution >= 4 is 5.97 Å². The predicted octanol–water partition coefficient (Wildman–Crippen LogP) is -0.924. The quantitative estimate of drug-likeness (QED) is 0.462. The van der Waals surface area contributed by atoms with Gasteiger partial charge in [0.25, 0.3) is 0 Å². The Labute approximate surface area is 91.2 Å². The van der Waals surface area contributed by atoms with Gasteiger partial charge in [-0.2, -0.15) is 0 Å². The molecule has 13 heavy (non-hydrogen) atoms. The minimum absolute atomic E-state index is 0. The first-order valence-electron chi connectivity index (χ1n) is 3.46. The molecule has 0 saturated carbocycles. The molecular weight excluding hydrogens is 159 g/mol. The van der Waals surface area contributed by atoms with Crippen LogP contribution in [0.15, 0.2) is 24.3 Å². The zero-order chi connectivity index (χ0) is 8.27. The van der Waals surface area contributed by atoms with E-state index in [2.05, 4.69) is 0 Å². The second kappa shape index (κ2) is 6.77. The average Bonchev–Trinajstić information content (AvgIpc) is 1.93. The van der Waals surface area contributed by atoms with E-state index in [1.807, 2.05) is 31.2 Å². The molecule has 0 radical (unpaired) electrons. The normalized spacial score (nSPS) is 8.08. The van der Waals surface area contributed by atoms with Crippen molar-refractivity contribution in [2.24, 2.45) is 0 Å². The third-order valence-electron chi connectivity index (χ3n) is 1.48. The maximum absolute atomic E-state index is 10.3. The standard InChI is InChI=1S/C9H10O2.CH3.Li/c1-7-2-4-8(5-3-7)6-9(10)11;;/h2-5H,6H2,1H3,(H,10,11);1H3;/q;-1;+1. The Bertz CT molecular complexity index is 254. The van der Waals surface area contributed by atoms with Crippen LogP contribution < -0.4 is 18.9 Å². The summed E-state index contributed by atoms with van der Waals surface area (Å²) in [4.78, 5) is 10.3. The van der Waals surface area contributed by atoms with Gasteiger partial charge >= 0.3 is 24.8 Å². The molecule has 0 atom stereocenters. The summed E-state index contributed by atoms with van der Waals surface area (Å²) < 4.78 is 0. The summed E-state index contributed by atoms with van der Waals surface area (Å²) in [5, 5.41) is 8.44. The first kappa shape index (κ1) is 14.8. The third-order valence-corrected chi connectivity index (χ3v) is 1.48. The van der Waals surface area contributed by atoms with Gasteiger partial charge in [-0.25, -0.2) is 0 Å². The smallest absolute Gasteiger partial charge is 0.481 e. The number of rotatable bonds is 2. The molecule has 1 aromatic rings. The van der Waals surface area contributed by atoms with Crippen molar-refractivity contribution in [3.8, 4) is 0 Å². The molecule has 1 N–H and O–H groups in total. The molecule has 0 amide bonds. The Morgan fingerprint density at radius 3 is 2.15 bits per heavy atom. The minimum atomic E-state index is -0.783. The molecule has 0 aromatic heterocycles. The van der Waals surface area contributed by atoms with E-state index >= 15 is 0 Å². The van der Waals surface area contributed by atoms with Gasteiger partial charge in [-0.3, -0.25) is 4.79 Å². The maximum atomic E-state index is 10.3.